The first-order valence-corrected chi connectivity index (χ1v) is 12.1. The Morgan fingerprint density at radius 1 is 1.12 bits per heavy atom. The Morgan fingerprint density at radius 2 is 1.81 bits per heavy atom. The van der Waals surface area contributed by atoms with E-state index in [1.807, 2.05) is 29.2 Å². The highest BCUT2D eigenvalue weighted by molar-refractivity contribution is 7.89. The first-order chi connectivity index (χ1) is 15.0. The van der Waals surface area contributed by atoms with Crippen LogP contribution in [0.5, 0.6) is 0 Å². The van der Waals surface area contributed by atoms with Gasteiger partial charge in [-0.1, -0.05) is 45.0 Å². The molecule has 1 saturated heterocycles. The van der Waals surface area contributed by atoms with Gasteiger partial charge in [-0.15, -0.1) is 0 Å². The third-order valence-electron chi connectivity index (χ3n) is 5.89. The largest absolute Gasteiger partial charge is 0.356 e. The van der Waals surface area contributed by atoms with Crippen molar-refractivity contribution >= 4 is 33.2 Å². The van der Waals surface area contributed by atoms with E-state index in [0.717, 1.165) is 16.9 Å². The predicted octanol–water partition coefficient (Wildman–Crippen LogP) is 1.98. The molecule has 170 valence electrons. The molecular weight excluding hydrogens is 428 g/mol. The van der Waals surface area contributed by atoms with Crippen LogP contribution >= 0.6 is 0 Å². The summed E-state index contributed by atoms with van der Waals surface area (Å²) >= 11 is 0. The summed E-state index contributed by atoms with van der Waals surface area (Å²) in [4.78, 5) is 27.0. The molecule has 0 aliphatic carbocycles. The molecule has 0 aromatic heterocycles. The summed E-state index contributed by atoms with van der Waals surface area (Å²) in [6, 6.07) is 13.6. The summed E-state index contributed by atoms with van der Waals surface area (Å²) in [6.45, 7) is 6.28. The molecule has 8 nitrogen and oxygen atoms in total. The lowest BCUT2D eigenvalue weighted by atomic mass is 9.87. The SMILES string of the molecule is CC(C)(C)c1ccc(S(=O)(=O)NCC(=O)NC2CC3C(=O)Nc4ccccc4N3C2)cc1. The lowest BCUT2D eigenvalue weighted by molar-refractivity contribution is -0.121. The number of hydrogen-bond acceptors (Lipinski definition) is 5. The smallest absolute Gasteiger partial charge is 0.247 e. The van der Waals surface area contributed by atoms with Crippen molar-refractivity contribution in [3.63, 3.8) is 0 Å². The van der Waals surface area contributed by atoms with E-state index in [-0.39, 0.29) is 34.8 Å². The monoisotopic (exact) mass is 456 g/mol. The zero-order valence-corrected chi connectivity index (χ0v) is 19.2. The minimum absolute atomic E-state index is 0.0818. The third-order valence-corrected chi connectivity index (χ3v) is 7.31. The van der Waals surface area contributed by atoms with E-state index in [4.69, 9.17) is 0 Å². The Labute approximate surface area is 188 Å². The lowest BCUT2D eigenvalue weighted by Crippen LogP contribution is -2.44. The second kappa shape index (κ2) is 8.22. The Hall–Kier alpha value is -2.91. The molecule has 3 N–H and O–H groups in total. The number of amides is 2. The van der Waals surface area contributed by atoms with E-state index >= 15 is 0 Å². The fraction of sp³-hybridized carbons (Fsp3) is 0.391. The van der Waals surface area contributed by atoms with Crippen molar-refractivity contribution in [3.8, 4) is 0 Å². The summed E-state index contributed by atoms with van der Waals surface area (Å²) in [6.07, 6.45) is 0.465. The first kappa shape index (κ1) is 22.3. The zero-order chi connectivity index (χ0) is 23.1. The molecule has 0 radical (unpaired) electrons. The Balaban J connectivity index is 1.35. The van der Waals surface area contributed by atoms with Crippen molar-refractivity contribution < 1.29 is 18.0 Å². The van der Waals surface area contributed by atoms with Crippen molar-refractivity contribution in [2.24, 2.45) is 0 Å². The summed E-state index contributed by atoms with van der Waals surface area (Å²) < 4.78 is 27.5. The van der Waals surface area contributed by atoms with E-state index in [2.05, 4.69) is 36.1 Å². The quantitative estimate of drug-likeness (QED) is 0.638. The predicted molar refractivity (Wildman–Crippen MR) is 123 cm³/mol. The molecule has 2 aromatic carbocycles. The Kier molecular flexibility index (Phi) is 5.72. The highest BCUT2D eigenvalue weighted by Gasteiger charge is 2.41. The molecule has 0 bridgehead atoms. The zero-order valence-electron chi connectivity index (χ0n) is 18.4. The van der Waals surface area contributed by atoms with Gasteiger partial charge in [0.2, 0.25) is 21.8 Å². The van der Waals surface area contributed by atoms with Gasteiger partial charge in [0.05, 0.1) is 22.8 Å². The highest BCUT2D eigenvalue weighted by atomic mass is 32.2. The summed E-state index contributed by atoms with van der Waals surface area (Å²) in [5, 5.41) is 5.75. The van der Waals surface area contributed by atoms with Crippen molar-refractivity contribution in [1.82, 2.24) is 10.0 Å². The molecule has 2 heterocycles. The third kappa shape index (κ3) is 4.49. The average molecular weight is 457 g/mol. The topological polar surface area (TPSA) is 108 Å². The maximum atomic E-state index is 12.6. The first-order valence-electron chi connectivity index (χ1n) is 10.6. The highest BCUT2D eigenvalue weighted by Crippen LogP contribution is 2.36. The molecule has 2 atom stereocenters. The fourth-order valence-electron chi connectivity index (χ4n) is 4.16. The fourth-order valence-corrected chi connectivity index (χ4v) is 5.14. The van der Waals surface area contributed by atoms with Crippen LogP contribution in [-0.2, 0) is 25.0 Å². The lowest BCUT2D eigenvalue weighted by Gasteiger charge is -2.32. The minimum atomic E-state index is -3.81. The minimum Gasteiger partial charge on any atom is -0.356 e. The van der Waals surface area contributed by atoms with E-state index in [0.29, 0.717) is 13.0 Å². The molecule has 2 aromatic rings. The molecular formula is C23H28N4O4S. The van der Waals surface area contributed by atoms with Gasteiger partial charge in [-0.05, 0) is 41.7 Å². The molecule has 32 heavy (non-hydrogen) atoms. The van der Waals surface area contributed by atoms with Crippen molar-refractivity contribution in [3.05, 3.63) is 54.1 Å². The summed E-state index contributed by atoms with van der Waals surface area (Å²) in [5.74, 6) is -0.529. The van der Waals surface area contributed by atoms with Gasteiger partial charge in [0.1, 0.15) is 6.04 Å². The van der Waals surface area contributed by atoms with Gasteiger partial charge in [0, 0.05) is 12.6 Å². The number of anilines is 2. The molecule has 9 heteroatoms. The summed E-state index contributed by atoms with van der Waals surface area (Å²) in [5.41, 5.74) is 2.62. The van der Waals surface area contributed by atoms with Gasteiger partial charge < -0.3 is 15.5 Å². The van der Waals surface area contributed by atoms with Gasteiger partial charge in [0.15, 0.2) is 0 Å². The number of sulfonamides is 1. The maximum absolute atomic E-state index is 12.6. The molecule has 1 fully saturated rings. The van der Waals surface area contributed by atoms with Crippen LogP contribution in [0.4, 0.5) is 11.4 Å². The van der Waals surface area contributed by atoms with Crippen LogP contribution in [0.25, 0.3) is 0 Å². The molecule has 2 aliphatic rings. The molecule has 0 spiro atoms. The number of rotatable bonds is 5. The van der Waals surface area contributed by atoms with E-state index in [1.165, 1.54) is 0 Å². The van der Waals surface area contributed by atoms with E-state index in [1.54, 1.807) is 24.3 Å². The molecule has 4 rings (SSSR count). The van der Waals surface area contributed by atoms with Gasteiger partial charge in [0.25, 0.3) is 0 Å². The van der Waals surface area contributed by atoms with Crippen LogP contribution in [-0.4, -0.2) is 45.4 Å². The van der Waals surface area contributed by atoms with Crippen molar-refractivity contribution in [1.29, 1.82) is 0 Å². The average Bonchev–Trinajstić information content (AvgIpc) is 3.16. The molecule has 2 amide bonds. The van der Waals surface area contributed by atoms with Crippen molar-refractivity contribution in [2.45, 2.75) is 49.6 Å². The number of nitrogens with one attached hydrogen (secondary N) is 3. The normalized spacial score (nSPS) is 20.3. The second-order valence-corrected chi connectivity index (χ2v) is 11.0. The van der Waals surface area contributed by atoms with Crippen LogP contribution in [0.15, 0.2) is 53.4 Å². The van der Waals surface area contributed by atoms with E-state index < -0.39 is 15.9 Å². The number of carbonyl (C=O) groups excluding carboxylic acids is 2. The van der Waals surface area contributed by atoms with Gasteiger partial charge in [-0.2, -0.15) is 0 Å². The van der Waals surface area contributed by atoms with E-state index in [9.17, 15) is 18.0 Å². The van der Waals surface area contributed by atoms with Gasteiger partial charge >= 0.3 is 0 Å². The standard InChI is InChI=1S/C23H28N4O4S/c1-23(2,3)15-8-10-17(11-9-15)32(30,31)24-13-21(28)25-16-12-20-22(29)26-18-6-4-5-7-19(18)27(20)14-16/h4-11,16,20,24H,12-14H2,1-3H3,(H,25,28)(H,26,29). The number of para-hydroxylation sites is 2. The number of carbonyl (C=O) groups is 2. The van der Waals surface area contributed by atoms with Gasteiger partial charge in [-0.25, -0.2) is 13.1 Å². The van der Waals surface area contributed by atoms with Crippen molar-refractivity contribution in [2.75, 3.05) is 23.3 Å². The maximum Gasteiger partial charge on any atom is 0.247 e. The molecule has 2 unspecified atom stereocenters. The number of hydrogen-bond donors (Lipinski definition) is 3. The second-order valence-electron chi connectivity index (χ2n) is 9.27. The summed E-state index contributed by atoms with van der Waals surface area (Å²) in [7, 11) is -3.81. The Morgan fingerprint density at radius 3 is 2.50 bits per heavy atom. The number of benzene rings is 2. The van der Waals surface area contributed by atoms with Crippen LogP contribution in [0.1, 0.15) is 32.8 Å². The van der Waals surface area contributed by atoms with Gasteiger partial charge in [-0.3, -0.25) is 9.59 Å². The molecule has 0 saturated carbocycles. The molecule has 2 aliphatic heterocycles. The van der Waals surface area contributed by atoms with Crippen LogP contribution in [0.3, 0.4) is 0 Å². The number of fused-ring (bicyclic) bond motifs is 3. The number of nitrogens with zero attached hydrogens (tertiary/aromatic N) is 1. The van der Waals surface area contributed by atoms with Crippen LogP contribution in [0, 0.1) is 0 Å². The van der Waals surface area contributed by atoms with Crippen LogP contribution < -0.4 is 20.3 Å². The van der Waals surface area contributed by atoms with Crippen LogP contribution in [0.2, 0.25) is 0 Å². The Bertz CT molecular complexity index is 1140.